The Morgan fingerprint density at radius 2 is 2.24 bits per heavy atom. The fourth-order valence-corrected chi connectivity index (χ4v) is 1.97. The van der Waals surface area contributed by atoms with Crippen LogP contribution < -0.4 is 5.73 Å². The molecule has 3 N–H and O–H groups in total. The molecule has 0 radical (unpaired) electrons. The first-order valence-corrected chi connectivity index (χ1v) is 5.70. The van der Waals surface area contributed by atoms with Gasteiger partial charge in [-0.25, -0.2) is 4.39 Å². The fraction of sp³-hybridized carbons (Fsp3) is 0.250. The molecule has 1 heterocycles. The molecular weight excluding hydrogens is 241 g/mol. The van der Waals surface area contributed by atoms with Crippen LogP contribution in [-0.2, 0) is 6.42 Å². The Morgan fingerprint density at radius 3 is 2.88 bits per heavy atom. The zero-order chi connectivity index (χ0) is 12.4. The summed E-state index contributed by atoms with van der Waals surface area (Å²) >= 11 is 5.76. The minimum Gasteiger partial charge on any atom is -0.330 e. The summed E-state index contributed by atoms with van der Waals surface area (Å²) in [6.45, 7) is 2.48. The van der Waals surface area contributed by atoms with E-state index in [9.17, 15) is 4.39 Å². The van der Waals surface area contributed by atoms with Crippen molar-refractivity contribution < 1.29 is 4.39 Å². The molecule has 0 aliphatic rings. The van der Waals surface area contributed by atoms with Crippen molar-refractivity contribution >= 4 is 11.6 Å². The van der Waals surface area contributed by atoms with Gasteiger partial charge in [-0.1, -0.05) is 11.6 Å². The third kappa shape index (κ3) is 2.33. The lowest BCUT2D eigenvalue weighted by Gasteiger charge is -2.03. The summed E-state index contributed by atoms with van der Waals surface area (Å²) in [6.07, 6.45) is 0.729. The van der Waals surface area contributed by atoms with Crippen LogP contribution in [0.1, 0.15) is 11.3 Å². The molecule has 0 aliphatic carbocycles. The SMILES string of the molecule is Cc1[nH]nc(-c2ccc(F)c(Cl)c2)c1CCN. The van der Waals surface area contributed by atoms with Gasteiger partial charge in [-0.3, -0.25) is 5.10 Å². The summed E-state index contributed by atoms with van der Waals surface area (Å²) in [5, 5.41) is 7.22. The predicted molar refractivity (Wildman–Crippen MR) is 66.5 cm³/mol. The van der Waals surface area contributed by atoms with E-state index < -0.39 is 5.82 Å². The lowest BCUT2D eigenvalue weighted by atomic mass is 10.0. The molecule has 0 aliphatic heterocycles. The highest BCUT2D eigenvalue weighted by Gasteiger charge is 2.12. The maximum absolute atomic E-state index is 13.1. The first-order valence-electron chi connectivity index (χ1n) is 5.33. The summed E-state index contributed by atoms with van der Waals surface area (Å²) in [5.41, 5.74) is 9.17. The van der Waals surface area contributed by atoms with Crippen LogP contribution in [0.3, 0.4) is 0 Å². The number of rotatable bonds is 3. The number of nitrogens with zero attached hydrogens (tertiary/aromatic N) is 1. The fourth-order valence-electron chi connectivity index (χ4n) is 1.78. The van der Waals surface area contributed by atoms with Crippen LogP contribution in [-0.4, -0.2) is 16.7 Å². The molecule has 90 valence electrons. The van der Waals surface area contributed by atoms with Gasteiger partial charge >= 0.3 is 0 Å². The Bertz CT molecular complexity index is 537. The number of aromatic nitrogens is 2. The number of nitrogens with one attached hydrogen (secondary N) is 1. The molecule has 3 nitrogen and oxygen atoms in total. The summed E-state index contributed by atoms with van der Waals surface area (Å²) < 4.78 is 13.1. The smallest absolute Gasteiger partial charge is 0.141 e. The van der Waals surface area contributed by atoms with E-state index in [0.717, 1.165) is 28.9 Å². The normalized spacial score (nSPS) is 10.8. The molecule has 2 aromatic rings. The molecule has 0 fully saturated rings. The Balaban J connectivity index is 2.48. The van der Waals surface area contributed by atoms with Crippen molar-refractivity contribution in [2.75, 3.05) is 6.54 Å². The van der Waals surface area contributed by atoms with Gasteiger partial charge in [-0.2, -0.15) is 5.10 Å². The molecule has 1 aromatic heterocycles. The first kappa shape index (κ1) is 12.1. The molecule has 5 heteroatoms. The highest BCUT2D eigenvalue weighted by atomic mass is 35.5. The van der Waals surface area contributed by atoms with E-state index in [1.165, 1.54) is 6.07 Å². The van der Waals surface area contributed by atoms with Crippen LogP contribution in [0.2, 0.25) is 5.02 Å². The van der Waals surface area contributed by atoms with E-state index in [0.29, 0.717) is 6.54 Å². The second kappa shape index (κ2) is 4.85. The molecule has 0 amide bonds. The van der Waals surface area contributed by atoms with E-state index in [1.807, 2.05) is 6.92 Å². The van der Waals surface area contributed by atoms with Crippen molar-refractivity contribution in [1.82, 2.24) is 10.2 Å². The summed E-state index contributed by atoms with van der Waals surface area (Å²) in [6, 6.07) is 4.58. The number of halogens is 2. The van der Waals surface area contributed by atoms with Crippen LogP contribution in [0.4, 0.5) is 4.39 Å². The van der Waals surface area contributed by atoms with Crippen molar-refractivity contribution in [2.45, 2.75) is 13.3 Å². The van der Waals surface area contributed by atoms with Gasteiger partial charge in [0.15, 0.2) is 0 Å². The van der Waals surface area contributed by atoms with Crippen LogP contribution in [0.5, 0.6) is 0 Å². The molecular formula is C12H13ClFN3. The molecule has 1 aromatic carbocycles. The Labute approximate surface area is 104 Å². The van der Waals surface area contributed by atoms with E-state index in [-0.39, 0.29) is 5.02 Å². The molecule has 0 unspecified atom stereocenters. The van der Waals surface area contributed by atoms with Gasteiger partial charge in [-0.15, -0.1) is 0 Å². The van der Waals surface area contributed by atoms with Crippen molar-refractivity contribution in [1.29, 1.82) is 0 Å². The van der Waals surface area contributed by atoms with Crippen molar-refractivity contribution in [2.24, 2.45) is 5.73 Å². The Hall–Kier alpha value is -1.39. The lowest BCUT2D eigenvalue weighted by molar-refractivity contribution is 0.628. The summed E-state index contributed by atoms with van der Waals surface area (Å²) in [4.78, 5) is 0. The third-order valence-corrected chi connectivity index (χ3v) is 2.95. The largest absolute Gasteiger partial charge is 0.330 e. The van der Waals surface area contributed by atoms with Gasteiger partial charge < -0.3 is 5.73 Å². The van der Waals surface area contributed by atoms with Gasteiger partial charge in [0.1, 0.15) is 5.82 Å². The zero-order valence-corrected chi connectivity index (χ0v) is 10.2. The molecule has 0 atom stereocenters. The second-order valence-electron chi connectivity index (χ2n) is 3.84. The van der Waals surface area contributed by atoms with Gasteiger partial charge in [0, 0.05) is 16.8 Å². The second-order valence-corrected chi connectivity index (χ2v) is 4.25. The van der Waals surface area contributed by atoms with E-state index in [2.05, 4.69) is 10.2 Å². The van der Waals surface area contributed by atoms with Gasteiger partial charge in [0.2, 0.25) is 0 Å². The maximum Gasteiger partial charge on any atom is 0.141 e. The van der Waals surface area contributed by atoms with Crippen molar-refractivity contribution in [3.05, 3.63) is 40.3 Å². The Kier molecular flexibility index (Phi) is 3.45. The number of nitrogens with two attached hydrogens (primary N) is 1. The highest BCUT2D eigenvalue weighted by Crippen LogP contribution is 2.27. The Morgan fingerprint density at radius 1 is 1.47 bits per heavy atom. The van der Waals surface area contributed by atoms with E-state index in [4.69, 9.17) is 17.3 Å². The number of hydrogen-bond donors (Lipinski definition) is 2. The number of benzene rings is 1. The number of hydrogen-bond acceptors (Lipinski definition) is 2. The van der Waals surface area contributed by atoms with Crippen molar-refractivity contribution in [3.8, 4) is 11.3 Å². The zero-order valence-electron chi connectivity index (χ0n) is 9.43. The van der Waals surface area contributed by atoms with Crippen LogP contribution >= 0.6 is 11.6 Å². The van der Waals surface area contributed by atoms with Crippen LogP contribution in [0.15, 0.2) is 18.2 Å². The van der Waals surface area contributed by atoms with Crippen molar-refractivity contribution in [3.63, 3.8) is 0 Å². The summed E-state index contributed by atoms with van der Waals surface area (Å²) in [7, 11) is 0. The minimum atomic E-state index is -0.428. The summed E-state index contributed by atoms with van der Waals surface area (Å²) in [5.74, 6) is -0.428. The predicted octanol–water partition coefficient (Wildman–Crippen LogP) is 2.68. The molecule has 17 heavy (non-hydrogen) atoms. The molecule has 0 saturated heterocycles. The number of aromatic amines is 1. The standard InChI is InChI=1S/C12H13ClFN3/c1-7-9(4-5-15)12(17-16-7)8-2-3-11(14)10(13)6-8/h2-3,6H,4-5,15H2,1H3,(H,16,17). The van der Waals surface area contributed by atoms with Gasteiger partial charge in [0.05, 0.1) is 10.7 Å². The minimum absolute atomic E-state index is 0.0989. The number of H-pyrrole nitrogens is 1. The van der Waals surface area contributed by atoms with Gasteiger partial charge in [-0.05, 0) is 38.1 Å². The van der Waals surface area contributed by atoms with E-state index in [1.54, 1.807) is 12.1 Å². The third-order valence-electron chi connectivity index (χ3n) is 2.66. The molecule has 0 spiro atoms. The van der Waals surface area contributed by atoms with Crippen LogP contribution in [0, 0.1) is 12.7 Å². The molecule has 2 rings (SSSR count). The highest BCUT2D eigenvalue weighted by molar-refractivity contribution is 6.31. The first-order chi connectivity index (χ1) is 8.13. The average Bonchev–Trinajstić information content (AvgIpc) is 2.66. The quantitative estimate of drug-likeness (QED) is 0.884. The molecule has 0 saturated carbocycles. The van der Waals surface area contributed by atoms with E-state index >= 15 is 0 Å². The topological polar surface area (TPSA) is 54.7 Å². The maximum atomic E-state index is 13.1. The average molecular weight is 254 g/mol. The monoisotopic (exact) mass is 253 g/mol. The number of aryl methyl sites for hydroxylation is 1. The van der Waals surface area contributed by atoms with Crippen LogP contribution in [0.25, 0.3) is 11.3 Å². The molecule has 0 bridgehead atoms. The lowest BCUT2D eigenvalue weighted by Crippen LogP contribution is -2.04. The van der Waals surface area contributed by atoms with Gasteiger partial charge in [0.25, 0.3) is 0 Å².